The molecule has 0 saturated carbocycles. The summed E-state index contributed by atoms with van der Waals surface area (Å²) in [7, 11) is 1.59. The number of likely N-dealkylation sites (tertiary alicyclic amines) is 1. The van der Waals surface area contributed by atoms with E-state index in [2.05, 4.69) is 5.32 Å². The number of methoxy groups -OCH3 is 1. The Hall–Kier alpha value is -1.88. The van der Waals surface area contributed by atoms with Crippen LogP contribution in [0.1, 0.15) is 34.3 Å². The zero-order valence-corrected chi connectivity index (χ0v) is 13.5. The fourth-order valence-corrected chi connectivity index (χ4v) is 2.73. The summed E-state index contributed by atoms with van der Waals surface area (Å²) >= 11 is 0. The van der Waals surface area contributed by atoms with Crippen LogP contribution in [-0.2, 0) is 4.74 Å². The van der Waals surface area contributed by atoms with Crippen LogP contribution in [0.25, 0.3) is 0 Å². The second kappa shape index (κ2) is 7.40. The van der Waals surface area contributed by atoms with Crippen molar-refractivity contribution in [1.29, 1.82) is 0 Å². The average molecular weight is 304 g/mol. The van der Waals surface area contributed by atoms with Gasteiger partial charge in [-0.15, -0.1) is 0 Å². The monoisotopic (exact) mass is 304 g/mol. The third-order valence-corrected chi connectivity index (χ3v) is 4.19. The molecule has 2 rings (SSSR count). The Bertz CT molecular complexity index is 557. The summed E-state index contributed by atoms with van der Waals surface area (Å²) in [5.41, 5.74) is 2.95. The number of nitrogens with one attached hydrogen (secondary N) is 1. The number of carbonyl (C=O) groups excluding carboxylic acids is 2. The Balaban J connectivity index is 2.07. The van der Waals surface area contributed by atoms with Crippen molar-refractivity contribution in [2.75, 3.05) is 26.8 Å². The van der Waals surface area contributed by atoms with E-state index >= 15 is 0 Å². The van der Waals surface area contributed by atoms with E-state index in [0.29, 0.717) is 25.3 Å². The first-order valence-electron chi connectivity index (χ1n) is 7.69. The summed E-state index contributed by atoms with van der Waals surface area (Å²) in [6.07, 6.45) is 1.59. The molecule has 1 fully saturated rings. The lowest BCUT2D eigenvalue weighted by molar-refractivity contribution is 0.0886. The van der Waals surface area contributed by atoms with Gasteiger partial charge < -0.3 is 15.0 Å². The molecule has 0 aromatic heterocycles. The van der Waals surface area contributed by atoms with Crippen LogP contribution >= 0.6 is 0 Å². The number of hydrogen-bond acceptors (Lipinski definition) is 3. The van der Waals surface area contributed by atoms with Crippen LogP contribution in [0.15, 0.2) is 18.2 Å². The van der Waals surface area contributed by atoms with E-state index in [9.17, 15) is 9.59 Å². The molecule has 1 aliphatic heterocycles. The number of amides is 2. The summed E-state index contributed by atoms with van der Waals surface area (Å²) in [6.45, 7) is 5.57. The molecule has 1 atom stereocenters. The fraction of sp³-hybridized carbons (Fsp3) is 0.529. The molecule has 5 nitrogen and oxygen atoms in total. The molecule has 1 aromatic carbocycles. The fourth-order valence-electron chi connectivity index (χ4n) is 2.73. The van der Waals surface area contributed by atoms with Crippen molar-refractivity contribution in [3.8, 4) is 0 Å². The maximum atomic E-state index is 12.7. The van der Waals surface area contributed by atoms with E-state index in [4.69, 9.17) is 4.74 Å². The predicted molar refractivity (Wildman–Crippen MR) is 85.2 cm³/mol. The van der Waals surface area contributed by atoms with Crippen LogP contribution in [0.4, 0.5) is 4.79 Å². The van der Waals surface area contributed by atoms with Crippen molar-refractivity contribution < 1.29 is 14.3 Å². The van der Waals surface area contributed by atoms with Gasteiger partial charge in [-0.2, -0.15) is 0 Å². The van der Waals surface area contributed by atoms with Crippen molar-refractivity contribution in [3.05, 3.63) is 34.9 Å². The third-order valence-electron chi connectivity index (χ3n) is 4.19. The number of rotatable bonds is 5. The number of aryl methyl sites for hydroxylation is 2. The van der Waals surface area contributed by atoms with Gasteiger partial charge in [0.1, 0.15) is 0 Å². The smallest absolute Gasteiger partial charge is 0.318 e. The molecule has 1 N–H and O–H groups in total. The minimum atomic E-state index is -0.357. The van der Waals surface area contributed by atoms with Crippen LogP contribution in [-0.4, -0.2) is 49.6 Å². The Morgan fingerprint density at radius 1 is 1.32 bits per heavy atom. The minimum absolute atomic E-state index is 0.0301. The molecular weight excluding hydrogens is 280 g/mol. The third kappa shape index (κ3) is 3.65. The lowest BCUT2D eigenvalue weighted by Gasteiger charge is -2.24. The Kier molecular flexibility index (Phi) is 5.55. The van der Waals surface area contributed by atoms with Crippen LogP contribution < -0.4 is 5.32 Å². The number of carbonyl (C=O) groups is 2. The molecule has 0 radical (unpaired) electrons. The highest BCUT2D eigenvalue weighted by atomic mass is 16.5. The van der Waals surface area contributed by atoms with Gasteiger partial charge in [0.25, 0.3) is 0 Å². The minimum Gasteiger partial charge on any atom is -0.383 e. The molecule has 1 aromatic rings. The number of ether oxygens (including phenoxy) is 1. The average Bonchev–Trinajstić information content (AvgIpc) is 2.99. The van der Waals surface area contributed by atoms with Crippen LogP contribution in [0.3, 0.4) is 0 Å². The summed E-state index contributed by atoms with van der Waals surface area (Å²) in [5, 5.41) is 2.79. The zero-order chi connectivity index (χ0) is 16.1. The van der Waals surface area contributed by atoms with Crippen molar-refractivity contribution in [2.45, 2.75) is 32.7 Å². The normalized spacial score (nSPS) is 17.6. The van der Waals surface area contributed by atoms with Gasteiger partial charge in [-0.1, -0.05) is 12.1 Å². The molecule has 1 saturated heterocycles. The highest BCUT2D eigenvalue weighted by molar-refractivity contribution is 6.02. The number of urea groups is 1. The van der Waals surface area contributed by atoms with Gasteiger partial charge in [0, 0.05) is 25.8 Å². The van der Waals surface area contributed by atoms with Gasteiger partial charge in [0.15, 0.2) is 5.78 Å². The molecule has 1 heterocycles. The largest absolute Gasteiger partial charge is 0.383 e. The maximum absolute atomic E-state index is 12.7. The summed E-state index contributed by atoms with van der Waals surface area (Å²) in [6, 6.07) is 5.18. The van der Waals surface area contributed by atoms with Crippen LogP contribution in [0, 0.1) is 13.8 Å². The summed E-state index contributed by atoms with van der Waals surface area (Å²) < 4.78 is 4.92. The van der Waals surface area contributed by atoms with Crippen molar-refractivity contribution in [2.24, 2.45) is 0 Å². The summed E-state index contributed by atoms with van der Waals surface area (Å²) in [4.78, 5) is 26.5. The molecule has 2 amide bonds. The number of ketones is 1. The molecule has 0 spiro atoms. The van der Waals surface area contributed by atoms with Crippen molar-refractivity contribution in [1.82, 2.24) is 10.2 Å². The number of benzene rings is 1. The van der Waals surface area contributed by atoms with Gasteiger partial charge in [0.05, 0.1) is 12.6 Å². The number of nitrogens with zero attached hydrogens (tertiary/aromatic N) is 1. The second-order valence-corrected chi connectivity index (χ2v) is 5.74. The molecule has 22 heavy (non-hydrogen) atoms. The standard InChI is InChI=1S/C17H24N2O3/c1-12-6-7-14(11-13(12)2)16(20)15-5-4-9-19(15)17(21)18-8-10-22-3/h6-7,11,15H,4-5,8-10H2,1-3H3,(H,18,21). The lowest BCUT2D eigenvalue weighted by atomic mass is 9.98. The van der Waals surface area contributed by atoms with E-state index < -0.39 is 0 Å². The predicted octanol–water partition coefficient (Wildman–Crippen LogP) is 2.31. The molecular formula is C17H24N2O3. The molecule has 1 aliphatic rings. The molecule has 0 bridgehead atoms. The lowest BCUT2D eigenvalue weighted by Crippen LogP contribution is -2.46. The highest BCUT2D eigenvalue weighted by Crippen LogP contribution is 2.22. The Morgan fingerprint density at radius 3 is 2.77 bits per heavy atom. The van der Waals surface area contributed by atoms with Gasteiger partial charge in [0.2, 0.25) is 0 Å². The molecule has 120 valence electrons. The zero-order valence-electron chi connectivity index (χ0n) is 13.5. The highest BCUT2D eigenvalue weighted by Gasteiger charge is 2.34. The Labute approximate surface area is 131 Å². The quantitative estimate of drug-likeness (QED) is 0.671. The first kappa shape index (κ1) is 16.5. The van der Waals surface area contributed by atoms with Gasteiger partial charge in [-0.3, -0.25) is 4.79 Å². The first-order valence-corrected chi connectivity index (χ1v) is 7.69. The molecule has 5 heteroatoms. The molecule has 0 aliphatic carbocycles. The number of Topliss-reactive ketones (excluding diaryl/α,β-unsaturated/α-hetero) is 1. The summed E-state index contributed by atoms with van der Waals surface area (Å²) in [5.74, 6) is 0.0301. The number of hydrogen-bond donors (Lipinski definition) is 1. The Morgan fingerprint density at radius 2 is 2.09 bits per heavy atom. The van der Waals surface area contributed by atoms with E-state index in [0.717, 1.165) is 24.0 Å². The van der Waals surface area contributed by atoms with E-state index in [1.807, 2.05) is 32.0 Å². The second-order valence-electron chi connectivity index (χ2n) is 5.74. The molecule has 1 unspecified atom stereocenters. The van der Waals surface area contributed by atoms with Gasteiger partial charge in [-0.05, 0) is 43.9 Å². The van der Waals surface area contributed by atoms with Gasteiger partial charge >= 0.3 is 6.03 Å². The topological polar surface area (TPSA) is 58.6 Å². The van der Waals surface area contributed by atoms with E-state index in [1.165, 1.54) is 0 Å². The maximum Gasteiger partial charge on any atom is 0.318 e. The van der Waals surface area contributed by atoms with Crippen LogP contribution in [0.5, 0.6) is 0 Å². The van der Waals surface area contributed by atoms with Crippen LogP contribution in [0.2, 0.25) is 0 Å². The van der Waals surface area contributed by atoms with Gasteiger partial charge in [-0.25, -0.2) is 4.79 Å². The van der Waals surface area contributed by atoms with Crippen molar-refractivity contribution >= 4 is 11.8 Å². The first-order chi connectivity index (χ1) is 10.5. The SMILES string of the molecule is COCCNC(=O)N1CCCC1C(=O)c1ccc(C)c(C)c1. The van der Waals surface area contributed by atoms with E-state index in [-0.39, 0.29) is 17.9 Å². The van der Waals surface area contributed by atoms with Crippen molar-refractivity contribution in [3.63, 3.8) is 0 Å². The van der Waals surface area contributed by atoms with E-state index in [1.54, 1.807) is 12.0 Å².